The molecule has 0 radical (unpaired) electrons. The Hall–Kier alpha value is -5.46. The van der Waals surface area contributed by atoms with E-state index in [4.69, 9.17) is 20.2 Å². The lowest BCUT2D eigenvalue weighted by Crippen LogP contribution is -2.36. The number of piperidine rings is 1. The molecule has 2 aromatic carbocycles. The maximum Gasteiger partial charge on any atom is 0.271 e. The highest BCUT2D eigenvalue weighted by Gasteiger charge is 2.32. The number of hydrogen-bond acceptors (Lipinski definition) is 8. The lowest BCUT2D eigenvalue weighted by Gasteiger charge is -2.36. The number of fused-ring (bicyclic) bond motifs is 2. The van der Waals surface area contributed by atoms with Crippen molar-refractivity contribution in [1.29, 1.82) is 0 Å². The summed E-state index contributed by atoms with van der Waals surface area (Å²) < 4.78 is 43.3. The van der Waals surface area contributed by atoms with Crippen LogP contribution in [0.3, 0.4) is 0 Å². The number of thiophene rings is 1. The van der Waals surface area contributed by atoms with Crippen LogP contribution in [0.4, 0.5) is 8.78 Å². The lowest BCUT2D eigenvalue weighted by molar-refractivity contribution is 0.0993. The number of carbonyl (C=O) groups is 1. The molecule has 6 heterocycles. The van der Waals surface area contributed by atoms with E-state index in [9.17, 15) is 14.0 Å². The van der Waals surface area contributed by atoms with Gasteiger partial charge in [0.2, 0.25) is 0 Å². The van der Waals surface area contributed by atoms with Gasteiger partial charge in [0.25, 0.3) is 11.5 Å². The highest BCUT2D eigenvalue weighted by atomic mass is 32.1. The van der Waals surface area contributed by atoms with Crippen molar-refractivity contribution in [2.75, 3.05) is 13.1 Å². The summed E-state index contributed by atoms with van der Waals surface area (Å²) in [5, 5.41) is 0. The number of amides is 1. The van der Waals surface area contributed by atoms with E-state index in [1.54, 1.807) is 18.3 Å². The molecular formula is C40H35F2N5O4S. The highest BCUT2D eigenvalue weighted by Crippen LogP contribution is 2.42. The number of carbonyl (C=O) groups excluding carboxylic acids is 1. The van der Waals surface area contributed by atoms with Crippen LogP contribution >= 0.6 is 11.3 Å². The first-order valence-corrected chi connectivity index (χ1v) is 17.9. The summed E-state index contributed by atoms with van der Waals surface area (Å²) in [5.74, 6) is -1.51. The van der Waals surface area contributed by atoms with Gasteiger partial charge in [0.1, 0.15) is 29.0 Å². The molecule has 2 aliphatic rings. The Labute approximate surface area is 302 Å². The molecule has 264 valence electrons. The molecule has 0 spiro atoms. The van der Waals surface area contributed by atoms with Crippen LogP contribution in [0, 0.1) is 17.0 Å². The fraction of sp³-hybridized carbons (Fsp3) is 0.250. The number of hydrogen-bond donors (Lipinski definition) is 1. The van der Waals surface area contributed by atoms with E-state index in [2.05, 4.69) is 29.8 Å². The van der Waals surface area contributed by atoms with Crippen molar-refractivity contribution >= 4 is 27.5 Å². The maximum absolute atomic E-state index is 15.7. The van der Waals surface area contributed by atoms with Gasteiger partial charge in [-0.15, -0.1) is 11.3 Å². The second-order valence-electron chi connectivity index (χ2n) is 14.1. The monoisotopic (exact) mass is 719 g/mol. The SMILES string of the molecule is CC1(C)CCN(Cc2ccc(-c3cc4nccc(Oc5ccc(C6Cc7cn(-c8ccc(F)cc8)c(=O)c(C(N)=O)c7O6)cc5F)c4s3)nc2)CC1. The number of primary amides is 1. The van der Waals surface area contributed by atoms with Crippen LogP contribution in [0.1, 0.15) is 59.8 Å². The number of rotatable bonds is 8. The number of benzene rings is 2. The Morgan fingerprint density at radius 1 is 1.02 bits per heavy atom. The van der Waals surface area contributed by atoms with Crippen LogP contribution in [-0.4, -0.2) is 38.4 Å². The molecular weight excluding hydrogens is 685 g/mol. The fourth-order valence-electron chi connectivity index (χ4n) is 6.79. The Kier molecular flexibility index (Phi) is 8.59. The standard InChI is InChI=1S/C40H35F2N5O4S/c1-40(2)12-15-46(16-13-40)21-23-3-9-29(45-20-23)34-19-30-37(52-34)32(11-14-44-30)50-31-10-4-24(17-28(31)42)33-18-25-22-47(27-7-5-26(41)6-8-27)39(49)35(38(43)48)36(25)51-33/h3-11,14,17,19-20,22,33H,12-13,15-16,18,21H2,1-2H3,(H2,43,48). The normalized spacial score (nSPS) is 16.8. The van der Waals surface area contributed by atoms with Crippen molar-refractivity contribution in [2.24, 2.45) is 11.1 Å². The van der Waals surface area contributed by atoms with Crippen molar-refractivity contribution < 1.29 is 23.0 Å². The Bertz CT molecular complexity index is 2380. The second-order valence-corrected chi connectivity index (χ2v) is 15.2. The van der Waals surface area contributed by atoms with Gasteiger partial charge in [-0.3, -0.25) is 29.0 Å². The third-order valence-corrected chi connectivity index (χ3v) is 11.0. The summed E-state index contributed by atoms with van der Waals surface area (Å²) >= 11 is 1.48. The zero-order valence-electron chi connectivity index (χ0n) is 28.6. The Morgan fingerprint density at radius 3 is 2.52 bits per heavy atom. The first-order valence-electron chi connectivity index (χ1n) is 17.1. The molecule has 8 rings (SSSR count). The van der Waals surface area contributed by atoms with Gasteiger partial charge < -0.3 is 15.2 Å². The smallest absolute Gasteiger partial charge is 0.271 e. The van der Waals surface area contributed by atoms with E-state index >= 15 is 4.39 Å². The summed E-state index contributed by atoms with van der Waals surface area (Å²) in [6.45, 7) is 7.73. The molecule has 12 heteroatoms. The van der Waals surface area contributed by atoms with Gasteiger partial charge in [0, 0.05) is 48.9 Å². The van der Waals surface area contributed by atoms with Gasteiger partial charge in [-0.05, 0) is 91.0 Å². The first-order chi connectivity index (χ1) is 25.0. The fourth-order valence-corrected chi connectivity index (χ4v) is 7.83. The van der Waals surface area contributed by atoms with Crippen LogP contribution in [0.2, 0.25) is 0 Å². The van der Waals surface area contributed by atoms with Gasteiger partial charge in [-0.1, -0.05) is 26.0 Å². The molecule has 1 saturated heterocycles. The van der Waals surface area contributed by atoms with Crippen molar-refractivity contribution in [3.63, 3.8) is 0 Å². The van der Waals surface area contributed by atoms with Gasteiger partial charge in [0.05, 0.1) is 20.8 Å². The van der Waals surface area contributed by atoms with Gasteiger partial charge in [-0.2, -0.15) is 0 Å². The second kappa shape index (κ2) is 13.3. The van der Waals surface area contributed by atoms with Crippen molar-refractivity contribution in [3.05, 3.63) is 130 Å². The van der Waals surface area contributed by atoms with Crippen LogP contribution in [0.5, 0.6) is 17.2 Å². The van der Waals surface area contributed by atoms with Gasteiger partial charge in [0.15, 0.2) is 11.6 Å². The number of aromatic nitrogens is 3. The average Bonchev–Trinajstić information content (AvgIpc) is 3.76. The zero-order chi connectivity index (χ0) is 36.1. The molecule has 1 fully saturated rings. The third kappa shape index (κ3) is 6.55. The molecule has 1 atom stereocenters. The molecule has 2 N–H and O–H groups in total. The van der Waals surface area contributed by atoms with E-state index in [0.717, 1.165) is 34.9 Å². The molecule has 1 unspecified atom stereocenters. The zero-order valence-corrected chi connectivity index (χ0v) is 29.4. The summed E-state index contributed by atoms with van der Waals surface area (Å²) in [7, 11) is 0. The predicted octanol–water partition coefficient (Wildman–Crippen LogP) is 7.98. The quantitative estimate of drug-likeness (QED) is 0.170. The molecule has 6 aromatic rings. The average molecular weight is 720 g/mol. The Morgan fingerprint density at radius 2 is 1.81 bits per heavy atom. The Balaban J connectivity index is 0.995. The van der Waals surface area contributed by atoms with Crippen molar-refractivity contribution in [1.82, 2.24) is 19.4 Å². The minimum Gasteiger partial charge on any atom is -0.484 e. The van der Waals surface area contributed by atoms with E-state index < -0.39 is 29.2 Å². The summed E-state index contributed by atoms with van der Waals surface area (Å²) in [4.78, 5) is 38.3. The van der Waals surface area contributed by atoms with Gasteiger partial charge >= 0.3 is 0 Å². The molecule has 52 heavy (non-hydrogen) atoms. The molecule has 4 aromatic heterocycles. The predicted molar refractivity (Wildman–Crippen MR) is 195 cm³/mol. The van der Waals surface area contributed by atoms with Gasteiger partial charge in [-0.25, -0.2) is 8.78 Å². The maximum atomic E-state index is 15.7. The number of pyridine rings is 3. The highest BCUT2D eigenvalue weighted by molar-refractivity contribution is 7.22. The number of ether oxygens (including phenoxy) is 2. The number of nitrogens with zero attached hydrogens (tertiary/aromatic N) is 4. The first kappa shape index (κ1) is 33.7. The van der Waals surface area contributed by atoms with Crippen LogP contribution < -0.4 is 20.8 Å². The van der Waals surface area contributed by atoms with E-state index in [1.165, 1.54) is 76.9 Å². The number of likely N-dealkylation sites (tertiary alicyclic amines) is 1. The van der Waals surface area contributed by atoms with Crippen LogP contribution in [0.15, 0.2) is 90.1 Å². The van der Waals surface area contributed by atoms with E-state index in [1.807, 2.05) is 18.3 Å². The largest absolute Gasteiger partial charge is 0.484 e. The van der Waals surface area contributed by atoms with E-state index in [0.29, 0.717) is 33.5 Å². The third-order valence-electron chi connectivity index (χ3n) is 9.87. The molecule has 0 saturated carbocycles. The summed E-state index contributed by atoms with van der Waals surface area (Å²) in [6, 6.07) is 17.6. The molecule has 9 nitrogen and oxygen atoms in total. The minimum absolute atomic E-state index is 0.0131. The summed E-state index contributed by atoms with van der Waals surface area (Å²) in [5.41, 5.74) is 9.09. The van der Waals surface area contributed by atoms with E-state index in [-0.39, 0.29) is 23.5 Å². The van der Waals surface area contributed by atoms with Crippen molar-refractivity contribution in [3.8, 4) is 33.5 Å². The number of nitrogens with two attached hydrogens (primary N) is 1. The molecule has 0 aliphatic carbocycles. The lowest BCUT2D eigenvalue weighted by atomic mass is 9.82. The minimum atomic E-state index is -0.960. The topological polar surface area (TPSA) is 113 Å². The van der Waals surface area contributed by atoms with Crippen LogP contribution in [0.25, 0.3) is 26.5 Å². The molecule has 1 amide bonds. The van der Waals surface area contributed by atoms with Crippen LogP contribution in [-0.2, 0) is 13.0 Å². The summed E-state index contributed by atoms with van der Waals surface area (Å²) in [6.07, 6.45) is 7.03. The molecule has 0 bridgehead atoms. The number of halogens is 2. The molecule has 2 aliphatic heterocycles. The van der Waals surface area contributed by atoms with Crippen molar-refractivity contribution in [2.45, 2.75) is 45.8 Å².